The Morgan fingerprint density at radius 1 is 0.771 bits per heavy atom. The first-order chi connectivity index (χ1) is 16.6. The summed E-state index contributed by atoms with van der Waals surface area (Å²) in [6.45, 7) is 4.10. The molecule has 0 radical (unpaired) electrons. The van der Waals surface area contributed by atoms with Crippen molar-refractivity contribution in [1.29, 1.82) is 0 Å². The molecule has 202 valence electrons. The number of amides is 1. The monoisotopic (exact) mass is 567 g/mol. The molecule has 0 heterocycles. The van der Waals surface area contributed by atoms with E-state index in [-0.39, 0.29) is 11.3 Å². The summed E-state index contributed by atoms with van der Waals surface area (Å²) in [6, 6.07) is 6.24. The van der Waals surface area contributed by atoms with E-state index in [4.69, 9.17) is 34.8 Å². The van der Waals surface area contributed by atoms with Gasteiger partial charge in [-0.1, -0.05) is 149 Å². The van der Waals surface area contributed by atoms with Gasteiger partial charge in [-0.2, -0.15) is 0 Å². The number of aryl methyl sites for hydroxylation is 1. The number of halogens is 3. The second-order valence-corrected chi connectivity index (χ2v) is 13.9. The van der Waals surface area contributed by atoms with Crippen molar-refractivity contribution >= 4 is 50.5 Å². The van der Waals surface area contributed by atoms with Crippen LogP contribution < -0.4 is 5.32 Å². The summed E-state index contributed by atoms with van der Waals surface area (Å²) >= 11 is 17.8. The zero-order valence-corrected chi connectivity index (χ0v) is 24.6. The van der Waals surface area contributed by atoms with E-state index < -0.39 is 24.9 Å². The normalized spacial score (nSPS) is 13.1. The number of sulfone groups is 1. The molecule has 0 aliphatic rings. The Balaban J connectivity index is 2.22. The molecule has 1 N–H and O–H groups in total. The number of alkyl halides is 3. The molecule has 35 heavy (non-hydrogen) atoms. The van der Waals surface area contributed by atoms with E-state index in [0.717, 1.165) is 24.8 Å². The zero-order chi connectivity index (χ0) is 26.2. The lowest BCUT2D eigenvalue weighted by Crippen LogP contribution is -2.49. The highest BCUT2D eigenvalue weighted by molar-refractivity contribution is 7.92. The van der Waals surface area contributed by atoms with Gasteiger partial charge in [0.15, 0.2) is 5.37 Å². The van der Waals surface area contributed by atoms with Gasteiger partial charge in [0.2, 0.25) is 19.5 Å². The lowest BCUT2D eigenvalue weighted by molar-refractivity contribution is -0.121. The van der Waals surface area contributed by atoms with Crippen LogP contribution in [-0.4, -0.2) is 23.5 Å². The average molecular weight is 569 g/mol. The highest BCUT2D eigenvalue weighted by Gasteiger charge is 2.44. The Morgan fingerprint density at radius 2 is 1.17 bits per heavy atom. The first-order valence-corrected chi connectivity index (χ1v) is 15.9. The van der Waals surface area contributed by atoms with Crippen LogP contribution >= 0.6 is 34.8 Å². The third-order valence-electron chi connectivity index (χ3n) is 6.26. The first kappa shape index (κ1) is 32.5. The highest BCUT2D eigenvalue weighted by Crippen LogP contribution is 2.36. The summed E-state index contributed by atoms with van der Waals surface area (Å²) in [5, 5.41) is 0.790. The molecule has 0 unspecified atom stereocenters. The lowest BCUT2D eigenvalue weighted by Gasteiger charge is -2.25. The number of benzene rings is 1. The van der Waals surface area contributed by atoms with E-state index >= 15 is 0 Å². The number of carbonyl (C=O) groups excluding carboxylic acids is 1. The molecule has 1 atom stereocenters. The van der Waals surface area contributed by atoms with Crippen LogP contribution in [0.2, 0.25) is 0 Å². The molecular weight excluding hydrogens is 525 g/mol. The number of rotatable bonds is 19. The topological polar surface area (TPSA) is 63.2 Å². The minimum absolute atomic E-state index is 0.00620. The van der Waals surface area contributed by atoms with Crippen LogP contribution in [0.1, 0.15) is 115 Å². The van der Waals surface area contributed by atoms with E-state index in [9.17, 15) is 13.2 Å². The Kier molecular flexibility index (Phi) is 16.6. The molecule has 0 saturated carbocycles. The van der Waals surface area contributed by atoms with Gasteiger partial charge in [0.05, 0.1) is 4.90 Å². The smallest absolute Gasteiger partial charge is 0.225 e. The van der Waals surface area contributed by atoms with Crippen molar-refractivity contribution < 1.29 is 13.2 Å². The summed E-state index contributed by atoms with van der Waals surface area (Å²) in [5.74, 6) is -0.424. The summed E-state index contributed by atoms with van der Waals surface area (Å²) in [4.78, 5) is 12.4. The van der Waals surface area contributed by atoms with Crippen LogP contribution in [0, 0.1) is 6.92 Å². The predicted molar refractivity (Wildman–Crippen MR) is 150 cm³/mol. The molecule has 0 fully saturated rings. The maximum Gasteiger partial charge on any atom is 0.225 e. The Hall–Kier alpha value is -0.490. The maximum absolute atomic E-state index is 13.0. The number of unbranched alkanes of at least 4 members (excludes halogenated alkanes) is 14. The van der Waals surface area contributed by atoms with Crippen molar-refractivity contribution in [1.82, 2.24) is 5.32 Å². The van der Waals surface area contributed by atoms with Crippen molar-refractivity contribution in [3.8, 4) is 0 Å². The minimum atomic E-state index is -4.06. The molecular formula is C27H44Cl3NO3S. The fraction of sp³-hybridized carbons (Fsp3) is 0.741. The minimum Gasteiger partial charge on any atom is -0.336 e. The van der Waals surface area contributed by atoms with Crippen LogP contribution in [0.15, 0.2) is 29.2 Å². The number of nitrogens with one attached hydrogen (secondary N) is 1. The Bertz CT molecular complexity index is 808. The van der Waals surface area contributed by atoms with Crippen molar-refractivity contribution in [3.05, 3.63) is 29.8 Å². The molecule has 8 heteroatoms. The van der Waals surface area contributed by atoms with Crippen LogP contribution in [-0.2, 0) is 14.6 Å². The van der Waals surface area contributed by atoms with Crippen LogP contribution in [0.5, 0.6) is 0 Å². The maximum atomic E-state index is 13.0. The van der Waals surface area contributed by atoms with Gasteiger partial charge in [-0.05, 0) is 25.5 Å². The van der Waals surface area contributed by atoms with Crippen molar-refractivity contribution in [2.75, 3.05) is 0 Å². The molecule has 0 saturated heterocycles. The summed E-state index contributed by atoms with van der Waals surface area (Å²) in [7, 11) is -4.06. The summed E-state index contributed by atoms with van der Waals surface area (Å²) in [6.07, 6.45) is 18.8. The second kappa shape index (κ2) is 17.9. The molecule has 1 amide bonds. The second-order valence-electron chi connectivity index (χ2n) is 9.55. The molecule has 0 bridgehead atoms. The van der Waals surface area contributed by atoms with Crippen LogP contribution in [0.3, 0.4) is 0 Å². The molecule has 0 spiro atoms. The Labute approximate surface area is 228 Å². The van der Waals surface area contributed by atoms with Crippen molar-refractivity contribution in [3.63, 3.8) is 0 Å². The fourth-order valence-electron chi connectivity index (χ4n) is 4.07. The van der Waals surface area contributed by atoms with Crippen LogP contribution in [0.4, 0.5) is 0 Å². The van der Waals surface area contributed by atoms with Gasteiger partial charge in [0.25, 0.3) is 0 Å². The fourth-order valence-corrected chi connectivity index (χ4v) is 6.72. The van der Waals surface area contributed by atoms with E-state index in [1.54, 1.807) is 12.1 Å². The van der Waals surface area contributed by atoms with Gasteiger partial charge in [-0.3, -0.25) is 4.79 Å². The standard InChI is InChI=1S/C27H44Cl3NO3S/c1-3-4-5-6-7-8-9-10-11-12-13-14-15-16-17-18-25(32)31-26(27(28,29)30)35(33,34)24-21-19-23(2)20-22-24/h19-22,26H,3-18H2,1-2H3,(H,31,32)/t26-/m0/s1. The number of hydrogen-bond donors (Lipinski definition) is 1. The molecule has 4 nitrogen and oxygen atoms in total. The van der Waals surface area contributed by atoms with E-state index in [0.29, 0.717) is 6.42 Å². The Morgan fingerprint density at radius 3 is 1.57 bits per heavy atom. The zero-order valence-electron chi connectivity index (χ0n) is 21.5. The van der Waals surface area contributed by atoms with Crippen molar-refractivity contribution in [2.24, 2.45) is 0 Å². The predicted octanol–water partition coefficient (Wildman–Crippen LogP) is 8.84. The third kappa shape index (κ3) is 14.1. The molecule has 1 aromatic carbocycles. The van der Waals surface area contributed by atoms with Gasteiger partial charge < -0.3 is 5.32 Å². The highest BCUT2D eigenvalue weighted by atomic mass is 35.6. The average Bonchev–Trinajstić information content (AvgIpc) is 2.79. The van der Waals surface area contributed by atoms with Gasteiger partial charge in [-0.15, -0.1) is 0 Å². The lowest BCUT2D eigenvalue weighted by atomic mass is 10.0. The van der Waals surface area contributed by atoms with Gasteiger partial charge in [-0.25, -0.2) is 8.42 Å². The number of carbonyl (C=O) groups is 1. The molecule has 0 aliphatic heterocycles. The SMILES string of the molecule is CCCCCCCCCCCCCCCCCC(=O)N[C@H](C(Cl)(Cl)Cl)S(=O)(=O)c1ccc(C)cc1. The molecule has 0 aromatic heterocycles. The third-order valence-corrected chi connectivity index (χ3v) is 9.32. The van der Waals surface area contributed by atoms with Crippen LogP contribution in [0.25, 0.3) is 0 Å². The van der Waals surface area contributed by atoms with Crippen molar-refractivity contribution in [2.45, 2.75) is 131 Å². The molecule has 1 aromatic rings. The number of hydrogen-bond acceptors (Lipinski definition) is 3. The molecule has 0 aliphatic carbocycles. The van der Waals surface area contributed by atoms with Gasteiger partial charge in [0.1, 0.15) is 0 Å². The van der Waals surface area contributed by atoms with Gasteiger partial charge in [0, 0.05) is 6.42 Å². The summed E-state index contributed by atoms with van der Waals surface area (Å²) < 4.78 is 23.8. The van der Waals surface area contributed by atoms with Gasteiger partial charge >= 0.3 is 0 Å². The summed E-state index contributed by atoms with van der Waals surface area (Å²) in [5.41, 5.74) is 0.909. The van der Waals surface area contributed by atoms with E-state index in [2.05, 4.69) is 12.2 Å². The largest absolute Gasteiger partial charge is 0.336 e. The first-order valence-electron chi connectivity index (χ1n) is 13.3. The van der Waals surface area contributed by atoms with E-state index in [1.807, 2.05) is 6.92 Å². The van der Waals surface area contributed by atoms with E-state index in [1.165, 1.54) is 82.8 Å². The molecule has 1 rings (SSSR count). The quantitative estimate of drug-likeness (QED) is 0.134.